The van der Waals surface area contributed by atoms with Crippen molar-refractivity contribution in [2.24, 2.45) is 0 Å². The van der Waals surface area contributed by atoms with E-state index < -0.39 is 17.7 Å². The van der Waals surface area contributed by atoms with E-state index in [4.69, 9.17) is 20.4 Å². The average molecular weight is 411 g/mol. The largest absolute Gasteiger partial charge is 0.396 e. The van der Waals surface area contributed by atoms with Crippen LogP contribution in [0.5, 0.6) is 0 Å². The Morgan fingerprint density at radius 1 is 0.690 bits per heavy atom. The number of nitrogens with zero attached hydrogens (tertiary/aromatic N) is 1. The number of carbonyl (C=O) groups excluding carboxylic acids is 3. The number of aliphatic hydroxyl groups is 4. The van der Waals surface area contributed by atoms with Gasteiger partial charge in [-0.25, -0.2) is 0 Å². The maximum atomic E-state index is 13.0. The minimum absolute atomic E-state index is 0.0160. The Morgan fingerprint density at radius 2 is 1.10 bits per heavy atom. The molecule has 0 spiro atoms. The molecule has 1 aromatic rings. The van der Waals surface area contributed by atoms with Gasteiger partial charge in [-0.15, -0.1) is 0 Å². The van der Waals surface area contributed by atoms with Crippen molar-refractivity contribution in [2.45, 2.75) is 12.8 Å². The third-order valence-electron chi connectivity index (χ3n) is 3.96. The second kappa shape index (κ2) is 13.6. The molecule has 0 bridgehead atoms. The standard InChI is InChI=1S/C19H29N3O7/c23-7-1-5-22(6-2-8-24)19(29)16-12-14(17(27)20-3-9-25)11-15(13-16)18(28)21-4-10-26/h11-13,23-26H,1-10H2,(H,20,27)(H,21,28). The molecule has 10 heteroatoms. The smallest absolute Gasteiger partial charge is 0.253 e. The highest BCUT2D eigenvalue weighted by molar-refractivity contribution is 6.04. The number of amides is 3. The third-order valence-corrected chi connectivity index (χ3v) is 3.96. The van der Waals surface area contributed by atoms with E-state index in [2.05, 4.69) is 10.6 Å². The van der Waals surface area contributed by atoms with Crippen molar-refractivity contribution in [3.63, 3.8) is 0 Å². The number of hydrogen-bond donors (Lipinski definition) is 6. The Balaban J connectivity index is 3.24. The molecule has 0 aliphatic heterocycles. The molecule has 6 N–H and O–H groups in total. The lowest BCUT2D eigenvalue weighted by Crippen LogP contribution is -2.35. The van der Waals surface area contributed by atoms with E-state index in [1.807, 2.05) is 0 Å². The molecule has 162 valence electrons. The molecule has 0 aliphatic rings. The lowest BCUT2D eigenvalue weighted by atomic mass is 10.0. The summed E-state index contributed by atoms with van der Waals surface area (Å²) in [7, 11) is 0. The van der Waals surface area contributed by atoms with Crippen LogP contribution in [0.1, 0.15) is 43.9 Å². The van der Waals surface area contributed by atoms with Crippen molar-refractivity contribution in [3.8, 4) is 0 Å². The summed E-state index contributed by atoms with van der Waals surface area (Å²) in [5.41, 5.74) is 0.247. The highest BCUT2D eigenvalue weighted by Crippen LogP contribution is 2.14. The molecule has 1 rings (SSSR count). The van der Waals surface area contributed by atoms with Crippen LogP contribution >= 0.6 is 0 Å². The molecule has 1 aromatic carbocycles. The normalized spacial score (nSPS) is 10.5. The average Bonchev–Trinajstić information content (AvgIpc) is 2.75. The first kappa shape index (κ1) is 24.5. The van der Waals surface area contributed by atoms with Gasteiger partial charge in [0, 0.05) is 56.1 Å². The topological polar surface area (TPSA) is 159 Å². The summed E-state index contributed by atoms with van der Waals surface area (Å²) in [4.78, 5) is 39.0. The van der Waals surface area contributed by atoms with Gasteiger partial charge in [-0.3, -0.25) is 14.4 Å². The predicted octanol–water partition coefficient (Wildman–Crippen LogP) is -1.66. The summed E-state index contributed by atoms with van der Waals surface area (Å²) in [5.74, 6) is -1.55. The minimum atomic E-state index is -0.554. The summed E-state index contributed by atoms with van der Waals surface area (Å²) in [6, 6.07) is 4.02. The number of aliphatic hydroxyl groups excluding tert-OH is 4. The molecule has 0 aromatic heterocycles. The van der Waals surface area contributed by atoms with Crippen molar-refractivity contribution < 1.29 is 34.8 Å². The molecular weight excluding hydrogens is 382 g/mol. The van der Waals surface area contributed by atoms with E-state index >= 15 is 0 Å². The predicted molar refractivity (Wildman–Crippen MR) is 105 cm³/mol. The van der Waals surface area contributed by atoms with Gasteiger partial charge in [0.2, 0.25) is 0 Å². The van der Waals surface area contributed by atoms with Gasteiger partial charge < -0.3 is 36.0 Å². The van der Waals surface area contributed by atoms with Crippen LogP contribution in [0.4, 0.5) is 0 Å². The fourth-order valence-electron chi connectivity index (χ4n) is 2.58. The molecule has 0 aliphatic carbocycles. The van der Waals surface area contributed by atoms with Crippen molar-refractivity contribution in [2.75, 3.05) is 52.6 Å². The second-order valence-corrected chi connectivity index (χ2v) is 6.20. The van der Waals surface area contributed by atoms with Crippen LogP contribution in [0.15, 0.2) is 18.2 Å². The van der Waals surface area contributed by atoms with Crippen molar-refractivity contribution in [3.05, 3.63) is 34.9 Å². The van der Waals surface area contributed by atoms with Crippen LogP contribution in [0.3, 0.4) is 0 Å². The fraction of sp³-hybridized carbons (Fsp3) is 0.526. The first-order chi connectivity index (χ1) is 14.0. The lowest BCUT2D eigenvalue weighted by Gasteiger charge is -2.23. The number of benzene rings is 1. The van der Waals surface area contributed by atoms with E-state index in [1.54, 1.807) is 0 Å². The highest BCUT2D eigenvalue weighted by Gasteiger charge is 2.20. The summed E-state index contributed by atoms with van der Waals surface area (Å²) in [6.07, 6.45) is 0.690. The summed E-state index contributed by atoms with van der Waals surface area (Å²) >= 11 is 0. The SMILES string of the molecule is O=C(NCCO)c1cc(C(=O)NCCO)cc(C(=O)N(CCCO)CCCO)c1. The minimum Gasteiger partial charge on any atom is -0.396 e. The fourth-order valence-corrected chi connectivity index (χ4v) is 2.58. The highest BCUT2D eigenvalue weighted by atomic mass is 16.3. The van der Waals surface area contributed by atoms with Gasteiger partial charge in [-0.2, -0.15) is 0 Å². The number of hydrogen-bond acceptors (Lipinski definition) is 7. The Kier molecular flexibility index (Phi) is 11.5. The van der Waals surface area contributed by atoms with E-state index in [0.29, 0.717) is 12.8 Å². The van der Waals surface area contributed by atoms with Crippen LogP contribution in [-0.4, -0.2) is 95.7 Å². The summed E-state index contributed by atoms with van der Waals surface area (Å²) in [6.45, 7) is -0.202. The lowest BCUT2D eigenvalue weighted by molar-refractivity contribution is 0.0734. The van der Waals surface area contributed by atoms with Crippen LogP contribution in [0.2, 0.25) is 0 Å². The first-order valence-corrected chi connectivity index (χ1v) is 9.42. The first-order valence-electron chi connectivity index (χ1n) is 9.42. The maximum Gasteiger partial charge on any atom is 0.253 e. The Morgan fingerprint density at radius 3 is 1.48 bits per heavy atom. The van der Waals surface area contributed by atoms with Gasteiger partial charge in [0.05, 0.1) is 13.2 Å². The molecule has 0 atom stereocenters. The molecule has 0 saturated carbocycles. The van der Waals surface area contributed by atoms with Crippen LogP contribution in [0.25, 0.3) is 0 Å². The quantitative estimate of drug-likeness (QED) is 0.226. The molecule has 3 amide bonds. The zero-order chi connectivity index (χ0) is 21.6. The van der Waals surface area contributed by atoms with E-state index in [0.717, 1.165) is 0 Å². The molecular formula is C19H29N3O7. The zero-order valence-corrected chi connectivity index (χ0v) is 16.3. The number of nitrogens with one attached hydrogen (secondary N) is 2. The third kappa shape index (κ3) is 8.16. The van der Waals surface area contributed by atoms with Crippen molar-refractivity contribution in [1.82, 2.24) is 15.5 Å². The van der Waals surface area contributed by atoms with E-state index in [9.17, 15) is 14.4 Å². The van der Waals surface area contributed by atoms with Gasteiger partial charge in [0.25, 0.3) is 17.7 Å². The van der Waals surface area contributed by atoms with E-state index in [-0.39, 0.29) is 69.3 Å². The van der Waals surface area contributed by atoms with E-state index in [1.165, 1.54) is 23.1 Å². The molecule has 29 heavy (non-hydrogen) atoms. The Labute approximate surface area is 169 Å². The van der Waals surface area contributed by atoms with Gasteiger partial charge >= 0.3 is 0 Å². The van der Waals surface area contributed by atoms with Crippen molar-refractivity contribution >= 4 is 17.7 Å². The molecule has 0 unspecified atom stereocenters. The zero-order valence-electron chi connectivity index (χ0n) is 16.3. The maximum absolute atomic E-state index is 13.0. The van der Waals surface area contributed by atoms with Crippen LogP contribution in [-0.2, 0) is 0 Å². The molecule has 0 heterocycles. The molecule has 0 radical (unpaired) electrons. The summed E-state index contributed by atoms with van der Waals surface area (Å²) in [5, 5.41) is 40.8. The number of rotatable bonds is 13. The number of carbonyl (C=O) groups is 3. The second-order valence-electron chi connectivity index (χ2n) is 6.20. The van der Waals surface area contributed by atoms with Gasteiger partial charge in [-0.05, 0) is 31.0 Å². The summed E-state index contributed by atoms with van der Waals surface area (Å²) < 4.78 is 0. The Hall–Kier alpha value is -2.53. The van der Waals surface area contributed by atoms with Crippen LogP contribution in [0, 0.1) is 0 Å². The van der Waals surface area contributed by atoms with Gasteiger partial charge in [-0.1, -0.05) is 0 Å². The molecule has 10 nitrogen and oxygen atoms in total. The monoisotopic (exact) mass is 411 g/mol. The van der Waals surface area contributed by atoms with Gasteiger partial charge in [0.1, 0.15) is 0 Å². The Bertz CT molecular complexity index is 636. The molecule has 0 saturated heterocycles. The molecule has 0 fully saturated rings. The van der Waals surface area contributed by atoms with Crippen LogP contribution < -0.4 is 10.6 Å². The van der Waals surface area contributed by atoms with Gasteiger partial charge in [0.15, 0.2) is 0 Å². The van der Waals surface area contributed by atoms with Crippen molar-refractivity contribution in [1.29, 1.82) is 0 Å².